The summed E-state index contributed by atoms with van der Waals surface area (Å²) in [5.74, 6) is 0. The second-order valence-electron chi connectivity index (χ2n) is 4.62. The number of nitro benzene ring substituents is 1. The first kappa shape index (κ1) is 14.1. The van der Waals surface area contributed by atoms with Crippen LogP contribution in [0.2, 0.25) is 0 Å². The van der Waals surface area contributed by atoms with Crippen molar-refractivity contribution in [3.05, 3.63) is 51.8 Å². The molecule has 1 heterocycles. The Hall–Kier alpha value is -2.28. The van der Waals surface area contributed by atoms with Crippen LogP contribution in [0.5, 0.6) is 0 Å². The largest absolute Gasteiger partial charge is 0.323 e. The number of hydrogen-bond donors (Lipinski definition) is 1. The highest BCUT2D eigenvalue weighted by atomic mass is 16.6. The van der Waals surface area contributed by atoms with E-state index in [0.29, 0.717) is 17.8 Å². The lowest BCUT2D eigenvalue weighted by molar-refractivity contribution is -0.385. The number of aromatic nitrogens is 3. The molecule has 1 unspecified atom stereocenters. The molecule has 0 aliphatic carbocycles. The summed E-state index contributed by atoms with van der Waals surface area (Å²) in [6.45, 7) is 2.36. The van der Waals surface area contributed by atoms with Crippen molar-refractivity contribution < 1.29 is 4.92 Å². The second-order valence-corrected chi connectivity index (χ2v) is 4.62. The topological polar surface area (TPSA) is 99.9 Å². The second kappa shape index (κ2) is 6.25. The van der Waals surface area contributed by atoms with E-state index in [-0.39, 0.29) is 11.7 Å². The van der Waals surface area contributed by atoms with Gasteiger partial charge >= 0.3 is 0 Å². The van der Waals surface area contributed by atoms with E-state index in [1.165, 1.54) is 6.07 Å². The summed E-state index contributed by atoms with van der Waals surface area (Å²) < 4.78 is 1.58. The summed E-state index contributed by atoms with van der Waals surface area (Å²) in [5, 5.41) is 19.0. The van der Waals surface area contributed by atoms with Crippen molar-refractivity contribution in [2.75, 3.05) is 0 Å². The Bertz CT molecular complexity index is 596. The predicted octanol–water partition coefficient (Wildman–Crippen LogP) is 2.03. The first-order valence-electron chi connectivity index (χ1n) is 6.49. The van der Waals surface area contributed by atoms with E-state index < -0.39 is 4.92 Å². The van der Waals surface area contributed by atoms with Crippen LogP contribution in [-0.4, -0.2) is 19.9 Å². The molecule has 0 bridgehead atoms. The Kier molecular flexibility index (Phi) is 4.41. The van der Waals surface area contributed by atoms with E-state index in [1.807, 2.05) is 0 Å². The maximum atomic E-state index is 11.0. The van der Waals surface area contributed by atoms with E-state index >= 15 is 0 Å². The summed E-state index contributed by atoms with van der Waals surface area (Å²) >= 11 is 0. The smallest absolute Gasteiger partial charge is 0.274 e. The minimum absolute atomic E-state index is 0.0856. The number of nitro groups is 1. The molecule has 0 aliphatic rings. The lowest BCUT2D eigenvalue weighted by Gasteiger charge is -2.04. The van der Waals surface area contributed by atoms with Crippen molar-refractivity contribution in [3.8, 4) is 0 Å². The van der Waals surface area contributed by atoms with E-state index in [9.17, 15) is 10.1 Å². The van der Waals surface area contributed by atoms with Crippen molar-refractivity contribution in [1.29, 1.82) is 0 Å². The van der Waals surface area contributed by atoms with Crippen LogP contribution >= 0.6 is 0 Å². The number of rotatable bonds is 6. The van der Waals surface area contributed by atoms with Gasteiger partial charge in [-0.3, -0.25) is 10.1 Å². The Morgan fingerprint density at radius 3 is 2.90 bits per heavy atom. The molecule has 0 aliphatic heterocycles. The van der Waals surface area contributed by atoms with Gasteiger partial charge in [-0.1, -0.05) is 36.8 Å². The zero-order chi connectivity index (χ0) is 14.5. The van der Waals surface area contributed by atoms with Crippen molar-refractivity contribution in [1.82, 2.24) is 15.0 Å². The molecule has 7 nitrogen and oxygen atoms in total. The molecule has 2 rings (SSSR count). The Balaban J connectivity index is 2.17. The molecule has 2 aromatic rings. The van der Waals surface area contributed by atoms with Gasteiger partial charge in [0.05, 0.1) is 35.0 Å². The molecule has 2 N–H and O–H groups in total. The van der Waals surface area contributed by atoms with Crippen molar-refractivity contribution in [3.63, 3.8) is 0 Å². The fourth-order valence-electron chi connectivity index (χ4n) is 2.02. The minimum Gasteiger partial charge on any atom is -0.323 e. The van der Waals surface area contributed by atoms with Crippen LogP contribution in [0.3, 0.4) is 0 Å². The van der Waals surface area contributed by atoms with Gasteiger partial charge in [0.15, 0.2) is 0 Å². The number of nitrogens with zero attached hydrogens (tertiary/aromatic N) is 4. The van der Waals surface area contributed by atoms with Crippen LogP contribution in [0, 0.1) is 10.1 Å². The summed E-state index contributed by atoms with van der Waals surface area (Å²) in [7, 11) is 0. The molecule has 106 valence electrons. The molecule has 0 radical (unpaired) electrons. The fourth-order valence-corrected chi connectivity index (χ4v) is 2.02. The van der Waals surface area contributed by atoms with Crippen LogP contribution in [0.15, 0.2) is 30.5 Å². The van der Waals surface area contributed by atoms with Gasteiger partial charge in [0.2, 0.25) is 0 Å². The Morgan fingerprint density at radius 1 is 1.45 bits per heavy atom. The molecule has 0 saturated heterocycles. The minimum atomic E-state index is -0.393. The Labute approximate surface area is 116 Å². The third-order valence-corrected chi connectivity index (χ3v) is 3.06. The third-order valence-electron chi connectivity index (χ3n) is 3.06. The van der Waals surface area contributed by atoms with Gasteiger partial charge in [-0.15, -0.1) is 5.10 Å². The summed E-state index contributed by atoms with van der Waals surface area (Å²) in [6, 6.07) is 6.47. The number of nitrogens with two attached hydrogens (primary N) is 1. The van der Waals surface area contributed by atoms with Crippen molar-refractivity contribution in [2.24, 2.45) is 5.73 Å². The highest BCUT2D eigenvalue weighted by Gasteiger charge is 2.14. The SMILES string of the molecule is CCCC(N)c1cn(Cc2ccccc2[N+](=O)[O-])nn1. The third kappa shape index (κ3) is 3.18. The van der Waals surface area contributed by atoms with Gasteiger partial charge < -0.3 is 5.73 Å². The van der Waals surface area contributed by atoms with Gasteiger partial charge in [0, 0.05) is 6.07 Å². The van der Waals surface area contributed by atoms with Gasteiger partial charge in [-0.05, 0) is 6.42 Å². The molecule has 7 heteroatoms. The molecule has 0 saturated carbocycles. The first-order chi connectivity index (χ1) is 9.61. The normalized spacial score (nSPS) is 12.3. The molecule has 1 aromatic heterocycles. The standard InChI is InChI=1S/C13H17N5O2/c1-2-5-11(14)12-9-17(16-15-12)8-10-6-3-4-7-13(10)18(19)20/h3-4,6-7,9,11H,2,5,8,14H2,1H3. The van der Waals surface area contributed by atoms with Crippen LogP contribution in [0.25, 0.3) is 0 Å². The quantitative estimate of drug-likeness (QED) is 0.642. The van der Waals surface area contributed by atoms with E-state index in [1.54, 1.807) is 29.1 Å². The van der Waals surface area contributed by atoms with Crippen LogP contribution in [0.1, 0.15) is 37.1 Å². The molecule has 1 atom stereocenters. The van der Waals surface area contributed by atoms with Crippen molar-refractivity contribution in [2.45, 2.75) is 32.4 Å². The van der Waals surface area contributed by atoms with Gasteiger partial charge in [0.25, 0.3) is 5.69 Å². The van der Waals surface area contributed by atoms with Gasteiger partial charge in [-0.2, -0.15) is 0 Å². The summed E-state index contributed by atoms with van der Waals surface area (Å²) in [6.07, 6.45) is 3.55. The van der Waals surface area contributed by atoms with E-state index in [4.69, 9.17) is 5.73 Å². The highest BCUT2D eigenvalue weighted by molar-refractivity contribution is 5.39. The highest BCUT2D eigenvalue weighted by Crippen LogP contribution is 2.19. The van der Waals surface area contributed by atoms with Gasteiger partial charge in [0.1, 0.15) is 0 Å². The predicted molar refractivity (Wildman–Crippen MR) is 74.1 cm³/mol. The molecule has 0 amide bonds. The van der Waals surface area contributed by atoms with E-state index in [2.05, 4.69) is 17.2 Å². The van der Waals surface area contributed by atoms with Gasteiger partial charge in [-0.25, -0.2) is 4.68 Å². The van der Waals surface area contributed by atoms with Crippen LogP contribution in [0.4, 0.5) is 5.69 Å². The molecule has 1 aromatic carbocycles. The lowest BCUT2D eigenvalue weighted by atomic mass is 10.1. The average molecular weight is 275 g/mol. The van der Waals surface area contributed by atoms with E-state index in [0.717, 1.165) is 12.8 Å². The van der Waals surface area contributed by atoms with Crippen LogP contribution < -0.4 is 5.73 Å². The molecular weight excluding hydrogens is 258 g/mol. The zero-order valence-corrected chi connectivity index (χ0v) is 11.3. The average Bonchev–Trinajstić information content (AvgIpc) is 2.88. The summed E-state index contributed by atoms with van der Waals surface area (Å²) in [5.41, 5.74) is 7.36. The molecule has 20 heavy (non-hydrogen) atoms. The Morgan fingerprint density at radius 2 is 2.20 bits per heavy atom. The molecular formula is C13H17N5O2. The molecule has 0 spiro atoms. The van der Waals surface area contributed by atoms with Crippen molar-refractivity contribution >= 4 is 5.69 Å². The maximum absolute atomic E-state index is 11.0. The number of hydrogen-bond acceptors (Lipinski definition) is 5. The lowest BCUT2D eigenvalue weighted by Crippen LogP contribution is -2.10. The zero-order valence-electron chi connectivity index (χ0n) is 11.3. The maximum Gasteiger partial charge on any atom is 0.274 e. The fraction of sp³-hybridized carbons (Fsp3) is 0.385. The molecule has 0 fully saturated rings. The number of benzene rings is 1. The first-order valence-corrected chi connectivity index (χ1v) is 6.49. The number of para-hydroxylation sites is 1. The summed E-state index contributed by atoms with van der Waals surface area (Å²) in [4.78, 5) is 10.6. The monoisotopic (exact) mass is 275 g/mol. The van der Waals surface area contributed by atoms with Crippen LogP contribution in [-0.2, 0) is 6.54 Å².